The SMILES string of the molecule is C[C@@H]1[C@@H](C(C)(C)F)[C@H](CC(=O)N(CCO)Cc2ccccc2)O[C@@]12C(=O)N(Cc1ccc(N3CCOC3=O)cc1)c1ccc(N3CCOC3=O)cc12. The highest BCUT2D eigenvalue weighted by atomic mass is 19.1. The molecule has 12 nitrogen and oxygen atoms in total. The van der Waals surface area contributed by atoms with Crippen LogP contribution in [0.4, 0.5) is 31.0 Å². The minimum Gasteiger partial charge on any atom is -0.447 e. The lowest BCUT2D eigenvalue weighted by Crippen LogP contribution is -2.45. The first-order valence-electron chi connectivity index (χ1n) is 17.7. The van der Waals surface area contributed by atoms with Crippen LogP contribution < -0.4 is 14.7 Å². The third-order valence-corrected chi connectivity index (χ3v) is 10.7. The number of carbonyl (C=O) groups excluding carboxylic acids is 4. The van der Waals surface area contributed by atoms with Crippen molar-refractivity contribution in [2.24, 2.45) is 11.8 Å². The van der Waals surface area contributed by atoms with Crippen molar-refractivity contribution in [3.63, 3.8) is 0 Å². The zero-order chi connectivity index (χ0) is 36.8. The van der Waals surface area contributed by atoms with Crippen LogP contribution in [-0.4, -0.2) is 85.2 Å². The van der Waals surface area contributed by atoms with Gasteiger partial charge in [0.1, 0.15) is 18.9 Å². The zero-order valence-electron chi connectivity index (χ0n) is 29.5. The maximum atomic E-state index is 16.4. The number of fused-ring (bicyclic) bond motifs is 2. The summed E-state index contributed by atoms with van der Waals surface area (Å²) < 4.78 is 33.5. The van der Waals surface area contributed by atoms with Gasteiger partial charge in [-0.3, -0.25) is 19.4 Å². The second-order valence-electron chi connectivity index (χ2n) is 14.3. The monoisotopic (exact) mass is 714 g/mol. The first-order valence-corrected chi connectivity index (χ1v) is 17.7. The van der Waals surface area contributed by atoms with Crippen LogP contribution in [0.25, 0.3) is 0 Å². The van der Waals surface area contributed by atoms with Crippen molar-refractivity contribution in [3.8, 4) is 0 Å². The van der Waals surface area contributed by atoms with Crippen LogP contribution in [0.2, 0.25) is 0 Å². The van der Waals surface area contributed by atoms with Gasteiger partial charge >= 0.3 is 12.2 Å². The second-order valence-corrected chi connectivity index (χ2v) is 14.3. The molecule has 4 amide bonds. The molecule has 4 aliphatic rings. The normalized spacial score (nSPS) is 24.1. The van der Waals surface area contributed by atoms with Crippen LogP contribution in [0.1, 0.15) is 43.9 Å². The number of aliphatic hydroxyl groups is 1. The van der Waals surface area contributed by atoms with Crippen molar-refractivity contribution in [2.75, 3.05) is 54.2 Å². The summed E-state index contributed by atoms with van der Waals surface area (Å²) in [5, 5.41) is 9.83. The van der Waals surface area contributed by atoms with Crippen LogP contribution >= 0.6 is 0 Å². The highest BCUT2D eigenvalue weighted by molar-refractivity contribution is 6.08. The zero-order valence-corrected chi connectivity index (χ0v) is 29.5. The maximum absolute atomic E-state index is 16.4. The van der Waals surface area contributed by atoms with Crippen LogP contribution in [0.3, 0.4) is 0 Å². The van der Waals surface area contributed by atoms with Gasteiger partial charge in [-0.05, 0) is 55.3 Å². The van der Waals surface area contributed by atoms with E-state index in [2.05, 4.69) is 0 Å². The van der Waals surface area contributed by atoms with Gasteiger partial charge < -0.3 is 29.1 Å². The predicted octanol–water partition coefficient (Wildman–Crippen LogP) is 5.15. The summed E-state index contributed by atoms with van der Waals surface area (Å²) in [4.78, 5) is 59.8. The molecule has 3 saturated heterocycles. The first kappa shape index (κ1) is 35.4. The molecule has 1 spiro atoms. The number of halogens is 1. The standard InChI is InChI=1S/C39H43FN4O8/c1-25-34(38(2,3)40)32(22-33(46)41(15-18-45)23-26-7-5-4-6-8-26)52-39(25)30-21-29(43-17-20-51-37(43)49)13-14-31(30)44(35(39)47)24-27-9-11-28(12-10-27)42-16-19-50-36(42)48/h4-14,21,25,32,34,45H,15-20,22-24H2,1-3H3/t25-,32+,34-,39+/m1/s1. The van der Waals surface area contributed by atoms with E-state index in [0.29, 0.717) is 42.3 Å². The quantitative estimate of drug-likeness (QED) is 0.289. The summed E-state index contributed by atoms with van der Waals surface area (Å²) >= 11 is 0. The fourth-order valence-electron chi connectivity index (χ4n) is 8.30. The molecule has 0 bridgehead atoms. The molecule has 0 aromatic heterocycles. The molecule has 4 heterocycles. The number of benzene rings is 3. The molecule has 3 aromatic carbocycles. The Morgan fingerprint density at radius 1 is 0.923 bits per heavy atom. The minimum absolute atomic E-state index is 0.0768. The fourth-order valence-corrected chi connectivity index (χ4v) is 8.30. The van der Waals surface area contributed by atoms with Gasteiger partial charge in [0.25, 0.3) is 5.91 Å². The lowest BCUT2D eigenvalue weighted by Gasteiger charge is -2.33. The predicted molar refractivity (Wildman–Crippen MR) is 189 cm³/mol. The Balaban J connectivity index is 1.24. The number of carbonyl (C=O) groups is 4. The smallest absolute Gasteiger partial charge is 0.414 e. The maximum Gasteiger partial charge on any atom is 0.414 e. The van der Waals surface area contributed by atoms with Crippen LogP contribution in [0, 0.1) is 11.8 Å². The van der Waals surface area contributed by atoms with Gasteiger partial charge in [0, 0.05) is 41.9 Å². The summed E-state index contributed by atoms with van der Waals surface area (Å²) in [7, 11) is 0. The number of hydrogen-bond donors (Lipinski definition) is 1. The van der Waals surface area contributed by atoms with E-state index >= 15 is 4.39 Å². The lowest BCUT2D eigenvalue weighted by atomic mass is 9.71. The van der Waals surface area contributed by atoms with Gasteiger partial charge in [-0.25, -0.2) is 14.0 Å². The molecule has 3 fully saturated rings. The van der Waals surface area contributed by atoms with E-state index in [1.165, 1.54) is 28.5 Å². The van der Waals surface area contributed by atoms with E-state index in [1.807, 2.05) is 42.5 Å². The number of nitrogens with zero attached hydrogens (tertiary/aromatic N) is 4. The molecular formula is C39H43FN4O8. The Morgan fingerprint density at radius 3 is 2.15 bits per heavy atom. The van der Waals surface area contributed by atoms with Crippen molar-refractivity contribution < 1.29 is 42.9 Å². The number of alkyl halides is 1. The molecular weight excluding hydrogens is 671 g/mol. The lowest BCUT2D eigenvalue weighted by molar-refractivity contribution is -0.150. The Hall–Kier alpha value is -5.01. The number of hydrogen-bond acceptors (Lipinski definition) is 8. The second kappa shape index (κ2) is 13.8. The topological polar surface area (TPSA) is 129 Å². The van der Waals surface area contributed by atoms with Gasteiger partial charge in [-0.1, -0.05) is 49.4 Å². The molecule has 4 aliphatic heterocycles. The molecule has 0 saturated carbocycles. The average molecular weight is 715 g/mol. The Bertz CT molecular complexity index is 1850. The summed E-state index contributed by atoms with van der Waals surface area (Å²) in [6, 6.07) is 21.9. The highest BCUT2D eigenvalue weighted by Gasteiger charge is 2.66. The van der Waals surface area contributed by atoms with Crippen LogP contribution in [-0.2, 0) is 42.5 Å². The Kier molecular flexibility index (Phi) is 9.43. The summed E-state index contributed by atoms with van der Waals surface area (Å²) in [5.74, 6) is -2.34. The van der Waals surface area contributed by atoms with Crippen molar-refractivity contribution >= 4 is 41.1 Å². The Labute approximate surface area is 301 Å². The van der Waals surface area contributed by atoms with Crippen LogP contribution in [0.5, 0.6) is 0 Å². The van der Waals surface area contributed by atoms with Crippen molar-refractivity contribution in [1.82, 2.24) is 4.90 Å². The van der Waals surface area contributed by atoms with E-state index in [1.54, 1.807) is 42.2 Å². The van der Waals surface area contributed by atoms with Crippen molar-refractivity contribution in [3.05, 3.63) is 89.5 Å². The number of amides is 4. The molecule has 3 aromatic rings. The van der Waals surface area contributed by atoms with E-state index in [9.17, 15) is 24.3 Å². The van der Waals surface area contributed by atoms with Gasteiger partial charge in [0.05, 0.1) is 44.5 Å². The van der Waals surface area contributed by atoms with E-state index in [0.717, 1.165) is 11.1 Å². The van der Waals surface area contributed by atoms with Crippen LogP contribution in [0.15, 0.2) is 72.8 Å². The number of aliphatic hydroxyl groups excluding tert-OH is 1. The minimum atomic E-state index is -1.86. The molecule has 52 heavy (non-hydrogen) atoms. The molecule has 4 atom stereocenters. The molecule has 0 aliphatic carbocycles. The summed E-state index contributed by atoms with van der Waals surface area (Å²) in [5.41, 5.74) is 0.351. The number of rotatable bonds is 11. The molecule has 0 radical (unpaired) electrons. The fraction of sp³-hybridized carbons (Fsp3) is 0.436. The number of anilines is 3. The average Bonchev–Trinajstić information content (AvgIpc) is 3.87. The van der Waals surface area contributed by atoms with E-state index < -0.39 is 47.3 Å². The van der Waals surface area contributed by atoms with E-state index in [-0.39, 0.29) is 45.2 Å². The summed E-state index contributed by atoms with van der Waals surface area (Å²) in [6.07, 6.45) is -2.12. The van der Waals surface area contributed by atoms with Gasteiger partial charge in [-0.15, -0.1) is 0 Å². The van der Waals surface area contributed by atoms with Gasteiger partial charge in [0.2, 0.25) is 5.91 Å². The van der Waals surface area contributed by atoms with Crippen molar-refractivity contribution in [1.29, 1.82) is 0 Å². The molecule has 7 rings (SSSR count). The van der Waals surface area contributed by atoms with Gasteiger partial charge in [0.15, 0.2) is 5.60 Å². The molecule has 13 heteroatoms. The van der Waals surface area contributed by atoms with Gasteiger partial charge in [-0.2, -0.15) is 0 Å². The number of ether oxygens (including phenoxy) is 3. The molecule has 1 N–H and O–H groups in total. The van der Waals surface area contributed by atoms with E-state index in [4.69, 9.17) is 14.2 Å². The third kappa shape index (κ3) is 6.25. The molecule has 274 valence electrons. The van der Waals surface area contributed by atoms with Crippen molar-refractivity contribution in [2.45, 2.75) is 57.7 Å². The largest absolute Gasteiger partial charge is 0.447 e. The summed E-state index contributed by atoms with van der Waals surface area (Å²) in [6.45, 7) is 6.20. The third-order valence-electron chi connectivity index (χ3n) is 10.7. The first-order chi connectivity index (χ1) is 24.9. The number of cyclic esters (lactones) is 2. The molecule has 0 unspecified atom stereocenters. The highest BCUT2D eigenvalue weighted by Crippen LogP contribution is 2.59. The Morgan fingerprint density at radius 2 is 1.56 bits per heavy atom.